The molecular formula is C21H26ClNO4. The first-order valence-electron chi connectivity index (χ1n) is 9.15. The Labute approximate surface area is 165 Å². The van der Waals surface area contributed by atoms with Gasteiger partial charge in [0.15, 0.2) is 0 Å². The highest BCUT2D eigenvalue weighted by Gasteiger charge is 2.30. The standard InChI is InChI=1S/C21H26ClNO4/c1-6-26-16(24)12-11-13-17-14(22)9-8-10-15(17)23-19(21(3,4)5)18(13)20(25)27-7-2/h8-10H,6-7,11-12H2,1-5H3. The van der Waals surface area contributed by atoms with Crippen molar-refractivity contribution in [1.29, 1.82) is 0 Å². The molecule has 146 valence electrons. The molecule has 0 fully saturated rings. The second-order valence-electron chi connectivity index (χ2n) is 7.22. The van der Waals surface area contributed by atoms with Crippen molar-refractivity contribution in [2.45, 2.75) is 52.9 Å². The van der Waals surface area contributed by atoms with Crippen LogP contribution in [0.25, 0.3) is 10.9 Å². The lowest BCUT2D eigenvalue weighted by Gasteiger charge is -2.24. The van der Waals surface area contributed by atoms with Crippen molar-refractivity contribution in [2.75, 3.05) is 13.2 Å². The van der Waals surface area contributed by atoms with Crippen LogP contribution in [0.4, 0.5) is 0 Å². The molecule has 6 heteroatoms. The summed E-state index contributed by atoms with van der Waals surface area (Å²) in [7, 11) is 0. The molecular weight excluding hydrogens is 366 g/mol. The van der Waals surface area contributed by atoms with Gasteiger partial charge in [0, 0.05) is 17.2 Å². The smallest absolute Gasteiger partial charge is 0.340 e. The third kappa shape index (κ3) is 4.78. The van der Waals surface area contributed by atoms with Gasteiger partial charge in [-0.15, -0.1) is 0 Å². The summed E-state index contributed by atoms with van der Waals surface area (Å²) >= 11 is 6.45. The average molecular weight is 392 g/mol. The molecule has 27 heavy (non-hydrogen) atoms. The van der Waals surface area contributed by atoms with Crippen LogP contribution >= 0.6 is 11.6 Å². The molecule has 0 amide bonds. The number of aryl methyl sites for hydroxylation is 1. The van der Waals surface area contributed by atoms with E-state index < -0.39 is 11.4 Å². The number of rotatable bonds is 6. The number of esters is 2. The number of aromatic nitrogens is 1. The zero-order valence-corrected chi connectivity index (χ0v) is 17.3. The molecule has 0 atom stereocenters. The first-order valence-corrected chi connectivity index (χ1v) is 9.52. The summed E-state index contributed by atoms with van der Waals surface area (Å²) in [6, 6.07) is 5.44. The van der Waals surface area contributed by atoms with E-state index in [0.29, 0.717) is 45.8 Å². The zero-order chi connectivity index (χ0) is 20.2. The third-order valence-corrected chi connectivity index (χ3v) is 4.45. The van der Waals surface area contributed by atoms with E-state index in [1.807, 2.05) is 32.9 Å². The van der Waals surface area contributed by atoms with Crippen LogP contribution in [-0.4, -0.2) is 30.1 Å². The first kappa shape index (κ1) is 21.2. The normalized spacial score (nSPS) is 11.5. The zero-order valence-electron chi connectivity index (χ0n) is 16.5. The van der Waals surface area contributed by atoms with Gasteiger partial charge in [-0.25, -0.2) is 4.79 Å². The fourth-order valence-electron chi connectivity index (χ4n) is 3.03. The van der Waals surface area contributed by atoms with Crippen LogP contribution in [0.2, 0.25) is 5.02 Å². The van der Waals surface area contributed by atoms with Gasteiger partial charge in [0.25, 0.3) is 0 Å². The average Bonchev–Trinajstić information content (AvgIpc) is 2.58. The largest absolute Gasteiger partial charge is 0.466 e. The highest BCUT2D eigenvalue weighted by Crippen LogP contribution is 2.35. The number of carbonyl (C=O) groups excluding carboxylic acids is 2. The van der Waals surface area contributed by atoms with Crippen LogP contribution in [0, 0.1) is 0 Å². The maximum atomic E-state index is 12.8. The van der Waals surface area contributed by atoms with E-state index in [1.54, 1.807) is 19.9 Å². The Kier molecular flexibility index (Phi) is 6.82. The molecule has 0 aliphatic rings. The van der Waals surface area contributed by atoms with Gasteiger partial charge >= 0.3 is 11.9 Å². The van der Waals surface area contributed by atoms with E-state index in [0.717, 1.165) is 0 Å². The van der Waals surface area contributed by atoms with E-state index in [4.69, 9.17) is 26.1 Å². The summed E-state index contributed by atoms with van der Waals surface area (Å²) in [5.74, 6) is -0.766. The van der Waals surface area contributed by atoms with Gasteiger partial charge in [-0.05, 0) is 38.0 Å². The Morgan fingerprint density at radius 1 is 1.11 bits per heavy atom. The summed E-state index contributed by atoms with van der Waals surface area (Å²) in [5, 5.41) is 1.17. The maximum Gasteiger partial charge on any atom is 0.340 e. The molecule has 0 aliphatic heterocycles. The van der Waals surface area contributed by atoms with Gasteiger partial charge < -0.3 is 9.47 Å². The van der Waals surface area contributed by atoms with E-state index >= 15 is 0 Å². The fourth-order valence-corrected chi connectivity index (χ4v) is 3.31. The molecule has 0 spiro atoms. The van der Waals surface area contributed by atoms with Crippen LogP contribution < -0.4 is 0 Å². The number of halogens is 1. The maximum absolute atomic E-state index is 12.8. The summed E-state index contributed by atoms with van der Waals surface area (Å²) in [6.45, 7) is 10.1. The van der Waals surface area contributed by atoms with Gasteiger partial charge in [-0.2, -0.15) is 0 Å². The van der Waals surface area contributed by atoms with Crippen molar-refractivity contribution in [2.24, 2.45) is 0 Å². The molecule has 0 aliphatic carbocycles. The molecule has 0 saturated heterocycles. The van der Waals surface area contributed by atoms with Gasteiger partial charge in [0.1, 0.15) is 0 Å². The van der Waals surface area contributed by atoms with Crippen molar-refractivity contribution in [1.82, 2.24) is 4.98 Å². The number of hydrogen-bond acceptors (Lipinski definition) is 5. The minimum atomic E-state index is -0.449. The lowest BCUT2D eigenvalue weighted by molar-refractivity contribution is -0.143. The summed E-state index contributed by atoms with van der Waals surface area (Å²) in [6.07, 6.45) is 0.465. The van der Waals surface area contributed by atoms with Gasteiger partial charge in [-0.1, -0.05) is 38.4 Å². The van der Waals surface area contributed by atoms with Crippen LogP contribution in [-0.2, 0) is 26.1 Å². The number of fused-ring (bicyclic) bond motifs is 1. The monoisotopic (exact) mass is 391 g/mol. The lowest BCUT2D eigenvalue weighted by Crippen LogP contribution is -2.23. The van der Waals surface area contributed by atoms with Crippen LogP contribution in [0.3, 0.4) is 0 Å². The molecule has 0 N–H and O–H groups in total. The number of carbonyl (C=O) groups is 2. The minimum absolute atomic E-state index is 0.147. The fraction of sp³-hybridized carbons (Fsp3) is 0.476. The molecule has 1 aromatic heterocycles. The van der Waals surface area contributed by atoms with E-state index in [-0.39, 0.29) is 19.0 Å². The first-order chi connectivity index (χ1) is 12.7. The van der Waals surface area contributed by atoms with Crippen molar-refractivity contribution in [3.05, 3.63) is 40.0 Å². The topological polar surface area (TPSA) is 65.5 Å². The Bertz CT molecular complexity index is 855. The van der Waals surface area contributed by atoms with Crippen molar-refractivity contribution in [3.8, 4) is 0 Å². The quantitative estimate of drug-likeness (QED) is 0.658. The summed E-state index contributed by atoms with van der Waals surface area (Å²) < 4.78 is 10.4. The molecule has 1 aromatic carbocycles. The molecule has 5 nitrogen and oxygen atoms in total. The predicted octanol–water partition coefficient (Wildman–Crippen LogP) is 4.86. The van der Waals surface area contributed by atoms with E-state index in [9.17, 15) is 9.59 Å². The highest BCUT2D eigenvalue weighted by molar-refractivity contribution is 6.35. The Morgan fingerprint density at radius 2 is 1.78 bits per heavy atom. The minimum Gasteiger partial charge on any atom is -0.466 e. The van der Waals surface area contributed by atoms with E-state index in [1.165, 1.54) is 0 Å². The Morgan fingerprint density at radius 3 is 2.37 bits per heavy atom. The number of hydrogen-bond donors (Lipinski definition) is 0. The van der Waals surface area contributed by atoms with Crippen LogP contribution in [0.1, 0.15) is 62.7 Å². The number of pyridine rings is 1. The van der Waals surface area contributed by atoms with Crippen molar-refractivity contribution >= 4 is 34.4 Å². The molecule has 1 heterocycles. The van der Waals surface area contributed by atoms with Crippen molar-refractivity contribution in [3.63, 3.8) is 0 Å². The molecule has 0 radical (unpaired) electrons. The van der Waals surface area contributed by atoms with Gasteiger partial charge in [0.05, 0.1) is 35.0 Å². The number of benzene rings is 1. The summed E-state index contributed by atoms with van der Waals surface area (Å²) in [5.41, 5.74) is 2.02. The van der Waals surface area contributed by atoms with Gasteiger partial charge in [-0.3, -0.25) is 9.78 Å². The summed E-state index contributed by atoms with van der Waals surface area (Å²) in [4.78, 5) is 29.5. The van der Waals surface area contributed by atoms with E-state index in [2.05, 4.69) is 0 Å². The van der Waals surface area contributed by atoms with Crippen molar-refractivity contribution < 1.29 is 19.1 Å². The lowest BCUT2D eigenvalue weighted by atomic mass is 9.84. The molecule has 0 unspecified atom stereocenters. The molecule has 0 saturated carbocycles. The predicted molar refractivity (Wildman–Crippen MR) is 106 cm³/mol. The second-order valence-corrected chi connectivity index (χ2v) is 7.63. The Balaban J connectivity index is 2.76. The Hall–Kier alpha value is -2.14. The van der Waals surface area contributed by atoms with Crippen LogP contribution in [0.5, 0.6) is 0 Å². The second kappa shape index (κ2) is 8.70. The molecule has 0 bridgehead atoms. The SMILES string of the molecule is CCOC(=O)CCc1c(C(=O)OCC)c(C(C)(C)C)nc2cccc(Cl)c12. The van der Waals surface area contributed by atoms with Gasteiger partial charge in [0.2, 0.25) is 0 Å². The van der Waals surface area contributed by atoms with Crippen LogP contribution in [0.15, 0.2) is 18.2 Å². The highest BCUT2D eigenvalue weighted by atomic mass is 35.5. The molecule has 2 rings (SSSR count). The number of nitrogens with zero attached hydrogens (tertiary/aromatic N) is 1. The third-order valence-electron chi connectivity index (χ3n) is 4.14. The molecule has 2 aromatic rings. The number of ether oxygens (including phenoxy) is 2.